The SMILES string of the molecule is C[C@@H]1NCc2c1ccc(C(F)(F)F)c2Cl.Cl. The minimum absolute atomic E-state index is 0. The topological polar surface area (TPSA) is 12.0 Å². The number of rotatable bonds is 0. The average Bonchev–Trinajstić information content (AvgIpc) is 2.47. The average molecular weight is 272 g/mol. The Morgan fingerprint density at radius 2 is 2.00 bits per heavy atom. The van der Waals surface area contributed by atoms with Crippen molar-refractivity contribution in [2.45, 2.75) is 25.7 Å². The van der Waals surface area contributed by atoms with Crippen molar-refractivity contribution < 1.29 is 13.2 Å². The molecule has 0 saturated heterocycles. The molecular formula is C10H10Cl2F3N. The van der Waals surface area contributed by atoms with Crippen molar-refractivity contribution in [1.29, 1.82) is 0 Å². The van der Waals surface area contributed by atoms with Gasteiger partial charge in [-0.25, -0.2) is 0 Å². The molecule has 1 aromatic carbocycles. The molecule has 1 nitrogen and oxygen atoms in total. The van der Waals surface area contributed by atoms with Crippen molar-refractivity contribution in [2.75, 3.05) is 0 Å². The number of hydrogen-bond donors (Lipinski definition) is 1. The van der Waals surface area contributed by atoms with Crippen LogP contribution in [-0.2, 0) is 12.7 Å². The van der Waals surface area contributed by atoms with E-state index in [0.717, 1.165) is 11.6 Å². The van der Waals surface area contributed by atoms with Crippen LogP contribution in [0.25, 0.3) is 0 Å². The van der Waals surface area contributed by atoms with Gasteiger partial charge in [0.25, 0.3) is 0 Å². The van der Waals surface area contributed by atoms with Gasteiger partial charge in [0, 0.05) is 12.6 Å². The highest BCUT2D eigenvalue weighted by molar-refractivity contribution is 6.32. The molecule has 0 unspecified atom stereocenters. The Bertz CT molecular complexity index is 404. The summed E-state index contributed by atoms with van der Waals surface area (Å²) >= 11 is 5.74. The van der Waals surface area contributed by atoms with Crippen LogP contribution in [0.5, 0.6) is 0 Å². The first-order chi connectivity index (χ1) is 6.91. The van der Waals surface area contributed by atoms with Crippen LogP contribution in [0.2, 0.25) is 5.02 Å². The van der Waals surface area contributed by atoms with Crippen molar-refractivity contribution in [3.63, 3.8) is 0 Å². The van der Waals surface area contributed by atoms with Gasteiger partial charge in [-0.05, 0) is 24.1 Å². The molecule has 90 valence electrons. The first-order valence-electron chi connectivity index (χ1n) is 4.53. The molecule has 0 radical (unpaired) electrons. The quantitative estimate of drug-likeness (QED) is 0.754. The van der Waals surface area contributed by atoms with E-state index in [-0.39, 0.29) is 23.5 Å². The van der Waals surface area contributed by atoms with Crippen LogP contribution < -0.4 is 5.32 Å². The standard InChI is InChI=1S/C10H9ClF3N.ClH/c1-5-6-2-3-8(10(12,13)14)9(11)7(6)4-15-5;/h2-3,5,15H,4H2,1H3;1H/t5-;/m0./s1. The van der Waals surface area contributed by atoms with Gasteiger partial charge in [-0.2, -0.15) is 13.2 Å². The minimum atomic E-state index is -4.38. The Hall–Kier alpha value is -0.450. The van der Waals surface area contributed by atoms with Crippen LogP contribution in [-0.4, -0.2) is 0 Å². The van der Waals surface area contributed by atoms with E-state index in [1.807, 2.05) is 6.92 Å². The first kappa shape index (κ1) is 13.6. The van der Waals surface area contributed by atoms with Crippen LogP contribution in [0.1, 0.15) is 29.7 Å². The van der Waals surface area contributed by atoms with Gasteiger partial charge in [-0.3, -0.25) is 0 Å². The van der Waals surface area contributed by atoms with Crippen LogP contribution in [0, 0.1) is 0 Å². The first-order valence-corrected chi connectivity index (χ1v) is 4.91. The molecule has 0 saturated carbocycles. The number of halogens is 5. The number of fused-ring (bicyclic) bond motifs is 1. The molecule has 2 rings (SSSR count). The van der Waals surface area contributed by atoms with Crippen molar-refractivity contribution in [3.05, 3.63) is 33.8 Å². The molecule has 1 atom stereocenters. The van der Waals surface area contributed by atoms with E-state index in [1.165, 1.54) is 6.07 Å². The van der Waals surface area contributed by atoms with Gasteiger partial charge >= 0.3 is 6.18 Å². The van der Waals surface area contributed by atoms with Crippen LogP contribution in [0.3, 0.4) is 0 Å². The third kappa shape index (κ3) is 2.14. The lowest BCUT2D eigenvalue weighted by Crippen LogP contribution is -2.07. The van der Waals surface area contributed by atoms with Gasteiger partial charge in [-0.15, -0.1) is 12.4 Å². The summed E-state index contributed by atoms with van der Waals surface area (Å²) in [6.07, 6.45) is -4.38. The van der Waals surface area contributed by atoms with Gasteiger partial charge in [0.2, 0.25) is 0 Å². The van der Waals surface area contributed by atoms with Crippen molar-refractivity contribution in [2.24, 2.45) is 0 Å². The van der Waals surface area contributed by atoms with E-state index in [4.69, 9.17) is 11.6 Å². The fourth-order valence-corrected chi connectivity index (χ4v) is 2.15. The number of alkyl halides is 3. The van der Waals surface area contributed by atoms with E-state index in [1.54, 1.807) is 0 Å². The molecule has 1 aromatic rings. The number of benzene rings is 1. The summed E-state index contributed by atoms with van der Waals surface area (Å²) in [4.78, 5) is 0. The molecule has 0 spiro atoms. The molecule has 1 aliphatic heterocycles. The number of nitrogens with one attached hydrogen (secondary N) is 1. The van der Waals surface area contributed by atoms with E-state index in [0.29, 0.717) is 12.1 Å². The highest BCUT2D eigenvalue weighted by Gasteiger charge is 2.35. The van der Waals surface area contributed by atoms with Gasteiger partial charge < -0.3 is 5.32 Å². The molecule has 1 N–H and O–H groups in total. The van der Waals surface area contributed by atoms with E-state index in [2.05, 4.69) is 5.32 Å². The zero-order valence-electron chi connectivity index (χ0n) is 8.36. The van der Waals surface area contributed by atoms with Gasteiger partial charge in [0.1, 0.15) is 0 Å². The number of hydrogen-bond acceptors (Lipinski definition) is 1. The monoisotopic (exact) mass is 271 g/mol. The molecule has 1 heterocycles. The predicted molar refractivity (Wildman–Crippen MR) is 59.0 cm³/mol. The van der Waals surface area contributed by atoms with Crippen molar-refractivity contribution >= 4 is 24.0 Å². The summed E-state index contributed by atoms with van der Waals surface area (Å²) < 4.78 is 37.5. The maximum Gasteiger partial charge on any atom is 0.417 e. The second kappa shape index (κ2) is 4.43. The van der Waals surface area contributed by atoms with E-state index < -0.39 is 11.7 Å². The second-order valence-corrected chi connectivity index (χ2v) is 3.97. The molecule has 6 heteroatoms. The highest BCUT2D eigenvalue weighted by atomic mass is 35.5. The maximum atomic E-state index is 12.5. The molecule has 0 amide bonds. The third-order valence-corrected chi connectivity index (χ3v) is 3.07. The van der Waals surface area contributed by atoms with Gasteiger partial charge in [0.05, 0.1) is 10.6 Å². The minimum Gasteiger partial charge on any atom is -0.306 e. The third-order valence-electron chi connectivity index (χ3n) is 2.64. The van der Waals surface area contributed by atoms with Gasteiger partial charge in [-0.1, -0.05) is 17.7 Å². The fraction of sp³-hybridized carbons (Fsp3) is 0.400. The van der Waals surface area contributed by atoms with Crippen molar-refractivity contribution in [1.82, 2.24) is 5.32 Å². The Balaban J connectivity index is 0.00000128. The Morgan fingerprint density at radius 3 is 2.56 bits per heavy atom. The summed E-state index contributed by atoms with van der Waals surface area (Å²) in [7, 11) is 0. The van der Waals surface area contributed by atoms with Crippen LogP contribution >= 0.6 is 24.0 Å². The lowest BCUT2D eigenvalue weighted by atomic mass is 10.0. The zero-order chi connectivity index (χ0) is 11.2. The molecule has 0 aliphatic carbocycles. The Morgan fingerprint density at radius 1 is 1.38 bits per heavy atom. The lowest BCUT2D eigenvalue weighted by molar-refractivity contribution is -0.137. The summed E-state index contributed by atoms with van der Waals surface area (Å²) in [5.74, 6) is 0. The molecule has 0 bridgehead atoms. The largest absolute Gasteiger partial charge is 0.417 e. The van der Waals surface area contributed by atoms with Crippen molar-refractivity contribution in [3.8, 4) is 0 Å². The molecular weight excluding hydrogens is 262 g/mol. The van der Waals surface area contributed by atoms with Crippen LogP contribution in [0.15, 0.2) is 12.1 Å². The predicted octanol–water partition coefficient (Wildman–Crippen LogP) is 3.94. The maximum absolute atomic E-state index is 12.5. The summed E-state index contributed by atoms with van der Waals surface area (Å²) in [6, 6.07) is 2.61. The Kier molecular flexibility index (Phi) is 3.77. The van der Waals surface area contributed by atoms with E-state index in [9.17, 15) is 13.2 Å². The summed E-state index contributed by atoms with van der Waals surface area (Å²) in [5.41, 5.74) is 0.672. The zero-order valence-corrected chi connectivity index (χ0v) is 9.93. The molecule has 0 fully saturated rings. The molecule has 16 heavy (non-hydrogen) atoms. The van der Waals surface area contributed by atoms with E-state index >= 15 is 0 Å². The normalized spacial score (nSPS) is 19.2. The smallest absolute Gasteiger partial charge is 0.306 e. The molecule has 1 aliphatic rings. The summed E-state index contributed by atoms with van der Waals surface area (Å²) in [5, 5.41) is 2.88. The lowest BCUT2D eigenvalue weighted by Gasteiger charge is -2.12. The fourth-order valence-electron chi connectivity index (χ4n) is 1.81. The molecule has 0 aromatic heterocycles. The Labute approximate surface area is 102 Å². The summed E-state index contributed by atoms with van der Waals surface area (Å²) in [6.45, 7) is 2.30. The van der Waals surface area contributed by atoms with Crippen LogP contribution in [0.4, 0.5) is 13.2 Å². The van der Waals surface area contributed by atoms with Gasteiger partial charge in [0.15, 0.2) is 0 Å². The second-order valence-electron chi connectivity index (χ2n) is 3.60. The highest BCUT2D eigenvalue weighted by Crippen LogP contribution is 2.40.